The fraction of sp³-hybridized carbons (Fsp3) is 0.717. The lowest BCUT2D eigenvalue weighted by Crippen LogP contribution is -2.30. The van der Waals surface area contributed by atoms with Crippen molar-refractivity contribution in [1.29, 1.82) is 0 Å². The number of hydrogen-bond donors (Lipinski definition) is 0. The Kier molecular flexibility index (Phi) is 45.0. The molecule has 0 rings (SSSR count). The smallest absolute Gasteiger partial charge is 0.306 e. The van der Waals surface area contributed by atoms with Crippen LogP contribution in [0.1, 0.15) is 226 Å². The number of rotatable bonds is 43. The van der Waals surface area contributed by atoms with E-state index in [0.29, 0.717) is 19.3 Å². The number of carbonyl (C=O) groups is 3. The molecule has 0 bridgehead atoms. The monoisotopic (exact) mass is 823 g/mol. The van der Waals surface area contributed by atoms with Crippen molar-refractivity contribution < 1.29 is 28.6 Å². The van der Waals surface area contributed by atoms with Crippen LogP contribution in [0.4, 0.5) is 0 Å². The first kappa shape index (κ1) is 55.9. The Balaban J connectivity index is 4.33. The Labute approximate surface area is 363 Å². The summed E-state index contributed by atoms with van der Waals surface area (Å²) in [4.78, 5) is 37.8. The van der Waals surface area contributed by atoms with E-state index in [0.717, 1.165) is 122 Å². The number of unbranched alkanes of at least 4 members (excludes halogenated alkanes) is 20. The van der Waals surface area contributed by atoms with Crippen LogP contribution in [0, 0.1) is 0 Å². The minimum absolute atomic E-state index is 0.0844. The summed E-state index contributed by atoms with van der Waals surface area (Å²) in [5.41, 5.74) is 0. The van der Waals surface area contributed by atoms with E-state index >= 15 is 0 Å². The lowest BCUT2D eigenvalue weighted by atomic mass is 10.1. The molecule has 1 unspecified atom stereocenters. The minimum atomic E-state index is -0.783. The largest absolute Gasteiger partial charge is 0.462 e. The predicted molar refractivity (Wildman–Crippen MR) is 251 cm³/mol. The number of esters is 3. The van der Waals surface area contributed by atoms with Gasteiger partial charge in [-0.2, -0.15) is 0 Å². The molecular weight excluding hydrogens is 733 g/mol. The van der Waals surface area contributed by atoms with E-state index in [-0.39, 0.29) is 31.1 Å². The topological polar surface area (TPSA) is 78.9 Å². The molecule has 0 saturated carbocycles. The third-order valence-electron chi connectivity index (χ3n) is 10.2. The van der Waals surface area contributed by atoms with Gasteiger partial charge in [-0.25, -0.2) is 0 Å². The Hall–Kier alpha value is -3.15. The lowest BCUT2D eigenvalue weighted by molar-refractivity contribution is -0.167. The maximum absolute atomic E-state index is 12.7. The number of allylic oxidation sites excluding steroid dienone is 12. The third-order valence-corrected chi connectivity index (χ3v) is 10.2. The molecule has 0 aromatic rings. The molecule has 0 aliphatic carbocycles. The van der Waals surface area contributed by atoms with Gasteiger partial charge in [0.1, 0.15) is 13.2 Å². The summed E-state index contributed by atoms with van der Waals surface area (Å²) >= 11 is 0. The van der Waals surface area contributed by atoms with Crippen molar-refractivity contribution in [2.45, 2.75) is 232 Å². The molecule has 59 heavy (non-hydrogen) atoms. The standard InChI is InChI=1S/C53H90O6/c1-4-7-10-13-16-19-21-22-23-24-25-26-27-28-29-30-32-34-37-40-43-46-52(55)58-49-50(48-57-51(54)45-42-39-36-33-18-15-12-9-6-3)59-53(56)47-44-41-38-35-31-20-17-14-11-8-5-2/h7,10,14,16-17,19,22-23,25-26,28-29,50H,4-6,8-9,11-13,15,18,20-21,24,27,30-49H2,1-3H3/b10-7-,17-14-,19-16-,23-22-,26-25-,29-28-. The molecule has 0 amide bonds. The maximum Gasteiger partial charge on any atom is 0.306 e. The zero-order valence-corrected chi connectivity index (χ0v) is 38.5. The highest BCUT2D eigenvalue weighted by Crippen LogP contribution is 2.13. The Bertz CT molecular complexity index is 1130. The van der Waals surface area contributed by atoms with Gasteiger partial charge in [0.05, 0.1) is 0 Å². The highest BCUT2D eigenvalue weighted by molar-refractivity contribution is 5.71. The van der Waals surface area contributed by atoms with Crippen LogP contribution in [0.3, 0.4) is 0 Å². The fourth-order valence-electron chi connectivity index (χ4n) is 6.51. The number of hydrogen-bond acceptors (Lipinski definition) is 6. The molecule has 0 N–H and O–H groups in total. The van der Waals surface area contributed by atoms with Gasteiger partial charge in [0.15, 0.2) is 6.10 Å². The first-order chi connectivity index (χ1) is 29.0. The van der Waals surface area contributed by atoms with E-state index in [9.17, 15) is 14.4 Å². The second kappa shape index (κ2) is 47.5. The summed E-state index contributed by atoms with van der Waals surface area (Å²) in [6.07, 6.45) is 58.9. The van der Waals surface area contributed by atoms with Gasteiger partial charge in [0, 0.05) is 19.3 Å². The van der Waals surface area contributed by atoms with Crippen LogP contribution >= 0.6 is 0 Å². The van der Waals surface area contributed by atoms with E-state index in [2.05, 4.69) is 93.7 Å². The van der Waals surface area contributed by atoms with E-state index < -0.39 is 6.10 Å². The molecule has 0 heterocycles. The quantitative estimate of drug-likeness (QED) is 0.0264. The zero-order chi connectivity index (χ0) is 43.0. The van der Waals surface area contributed by atoms with Crippen LogP contribution in [-0.2, 0) is 28.6 Å². The zero-order valence-electron chi connectivity index (χ0n) is 38.5. The fourth-order valence-corrected chi connectivity index (χ4v) is 6.51. The summed E-state index contributed by atoms with van der Waals surface area (Å²) in [6.45, 7) is 6.43. The molecule has 338 valence electrons. The molecule has 0 radical (unpaired) electrons. The van der Waals surface area contributed by atoms with Gasteiger partial charge in [-0.1, -0.05) is 196 Å². The Morgan fingerprint density at radius 2 is 0.678 bits per heavy atom. The predicted octanol–water partition coefficient (Wildman–Crippen LogP) is 15.9. The number of ether oxygens (including phenoxy) is 3. The average molecular weight is 823 g/mol. The molecule has 6 nitrogen and oxygen atoms in total. The molecule has 0 spiro atoms. The summed E-state index contributed by atoms with van der Waals surface area (Å²) in [5, 5.41) is 0. The average Bonchev–Trinajstić information content (AvgIpc) is 3.23. The SMILES string of the molecule is CC/C=C\C/C=C\C/C=C\C/C=C\C/C=C\CCCCCCCC(=O)OCC(COC(=O)CCCCCCCCCCC)OC(=O)CCCCCCC/C=C\CCCC. The molecule has 0 fully saturated rings. The molecule has 0 aromatic heterocycles. The van der Waals surface area contributed by atoms with Crippen LogP contribution in [0.5, 0.6) is 0 Å². The van der Waals surface area contributed by atoms with E-state index in [1.54, 1.807) is 0 Å². The summed E-state index contributed by atoms with van der Waals surface area (Å²) in [6, 6.07) is 0. The van der Waals surface area contributed by atoms with Crippen LogP contribution in [0.15, 0.2) is 72.9 Å². The van der Waals surface area contributed by atoms with Gasteiger partial charge in [-0.15, -0.1) is 0 Å². The van der Waals surface area contributed by atoms with Gasteiger partial charge in [-0.05, 0) is 83.5 Å². The molecule has 0 aliphatic heterocycles. The van der Waals surface area contributed by atoms with Crippen molar-refractivity contribution in [3.63, 3.8) is 0 Å². The molecule has 1 atom stereocenters. The second-order valence-electron chi connectivity index (χ2n) is 16.0. The lowest BCUT2D eigenvalue weighted by Gasteiger charge is -2.18. The van der Waals surface area contributed by atoms with Gasteiger partial charge in [0.25, 0.3) is 0 Å². The van der Waals surface area contributed by atoms with Crippen molar-refractivity contribution in [1.82, 2.24) is 0 Å². The second-order valence-corrected chi connectivity index (χ2v) is 16.0. The molecule has 0 saturated heterocycles. The van der Waals surface area contributed by atoms with Crippen molar-refractivity contribution in [2.75, 3.05) is 13.2 Å². The van der Waals surface area contributed by atoms with Crippen molar-refractivity contribution >= 4 is 17.9 Å². The first-order valence-corrected chi connectivity index (χ1v) is 24.4. The third kappa shape index (κ3) is 45.8. The maximum atomic E-state index is 12.7. The molecule has 0 aliphatic rings. The van der Waals surface area contributed by atoms with Gasteiger partial charge in [-0.3, -0.25) is 14.4 Å². The number of carbonyl (C=O) groups excluding carboxylic acids is 3. The summed E-state index contributed by atoms with van der Waals surface area (Å²) in [5.74, 6) is -0.919. The van der Waals surface area contributed by atoms with E-state index in [1.165, 1.54) is 64.2 Å². The summed E-state index contributed by atoms with van der Waals surface area (Å²) in [7, 11) is 0. The van der Waals surface area contributed by atoms with Crippen LogP contribution in [0.2, 0.25) is 0 Å². The normalized spacial score (nSPS) is 12.7. The van der Waals surface area contributed by atoms with Crippen molar-refractivity contribution in [2.24, 2.45) is 0 Å². The molecule has 6 heteroatoms. The van der Waals surface area contributed by atoms with Gasteiger partial charge < -0.3 is 14.2 Å². The highest BCUT2D eigenvalue weighted by Gasteiger charge is 2.19. The summed E-state index contributed by atoms with van der Waals surface area (Å²) < 4.78 is 16.7. The van der Waals surface area contributed by atoms with Crippen molar-refractivity contribution in [3.8, 4) is 0 Å². The Morgan fingerprint density at radius 1 is 0.356 bits per heavy atom. The molecular formula is C53H90O6. The van der Waals surface area contributed by atoms with Gasteiger partial charge >= 0.3 is 17.9 Å². The minimum Gasteiger partial charge on any atom is -0.462 e. The highest BCUT2D eigenvalue weighted by atomic mass is 16.6. The van der Waals surface area contributed by atoms with Gasteiger partial charge in [0.2, 0.25) is 0 Å². The Morgan fingerprint density at radius 3 is 1.10 bits per heavy atom. The van der Waals surface area contributed by atoms with Crippen molar-refractivity contribution in [3.05, 3.63) is 72.9 Å². The van der Waals surface area contributed by atoms with E-state index in [1.807, 2.05) is 0 Å². The first-order valence-electron chi connectivity index (χ1n) is 24.4. The van der Waals surface area contributed by atoms with Crippen LogP contribution in [-0.4, -0.2) is 37.2 Å². The van der Waals surface area contributed by atoms with Crippen LogP contribution < -0.4 is 0 Å². The molecule has 0 aromatic carbocycles. The van der Waals surface area contributed by atoms with Crippen LogP contribution in [0.25, 0.3) is 0 Å². The van der Waals surface area contributed by atoms with E-state index in [4.69, 9.17) is 14.2 Å².